The van der Waals surface area contributed by atoms with Crippen molar-refractivity contribution in [2.45, 2.75) is 33.1 Å². The Kier molecular flexibility index (Phi) is 4.94. The van der Waals surface area contributed by atoms with E-state index in [0.29, 0.717) is 5.92 Å². The summed E-state index contributed by atoms with van der Waals surface area (Å²) < 4.78 is 0. The first-order chi connectivity index (χ1) is 6.74. The van der Waals surface area contributed by atoms with Gasteiger partial charge in [0.1, 0.15) is 5.82 Å². The van der Waals surface area contributed by atoms with Crippen molar-refractivity contribution in [1.82, 2.24) is 9.97 Å². The summed E-state index contributed by atoms with van der Waals surface area (Å²) in [6.07, 6.45) is 2.85. The molecule has 2 nitrogen and oxygen atoms in total. The number of hydrogen-bond donors (Lipinski definition) is 0. The molecular weight excluding hydrogens is 192 g/mol. The van der Waals surface area contributed by atoms with Crippen LogP contribution in [-0.4, -0.2) is 21.5 Å². The second kappa shape index (κ2) is 6.02. The zero-order valence-corrected chi connectivity index (χ0v) is 9.97. The fourth-order valence-corrected chi connectivity index (χ4v) is 1.78. The van der Waals surface area contributed by atoms with Crippen molar-refractivity contribution in [2.24, 2.45) is 0 Å². The van der Waals surface area contributed by atoms with Gasteiger partial charge in [-0.15, -0.1) is 0 Å². The number of aromatic nitrogens is 2. The predicted octanol–water partition coefficient (Wildman–Crippen LogP) is 2.90. The van der Waals surface area contributed by atoms with Gasteiger partial charge < -0.3 is 0 Å². The average molecular weight is 210 g/mol. The van der Waals surface area contributed by atoms with Crippen LogP contribution in [0.15, 0.2) is 12.3 Å². The molecule has 0 bridgehead atoms. The summed E-state index contributed by atoms with van der Waals surface area (Å²) in [5.41, 5.74) is 1.15. The van der Waals surface area contributed by atoms with E-state index >= 15 is 0 Å². The highest BCUT2D eigenvalue weighted by molar-refractivity contribution is 7.99. The minimum absolute atomic E-state index is 0.496. The van der Waals surface area contributed by atoms with Crippen molar-refractivity contribution in [3.8, 4) is 0 Å². The standard InChI is InChI=1S/C11H18N2S/c1-4-14-8-6-11-12-7-5-10(13-11)9(2)3/h5,7,9H,4,6,8H2,1-3H3. The monoisotopic (exact) mass is 210 g/mol. The van der Waals surface area contributed by atoms with Crippen LogP contribution in [0.1, 0.15) is 38.2 Å². The molecule has 0 saturated heterocycles. The molecule has 3 heteroatoms. The topological polar surface area (TPSA) is 25.8 Å². The fourth-order valence-electron chi connectivity index (χ4n) is 1.16. The Hall–Kier alpha value is -0.570. The van der Waals surface area contributed by atoms with Crippen molar-refractivity contribution in [3.63, 3.8) is 0 Å². The smallest absolute Gasteiger partial charge is 0.129 e. The van der Waals surface area contributed by atoms with E-state index in [4.69, 9.17) is 0 Å². The summed E-state index contributed by atoms with van der Waals surface area (Å²) in [7, 11) is 0. The van der Waals surface area contributed by atoms with E-state index in [-0.39, 0.29) is 0 Å². The highest BCUT2D eigenvalue weighted by Crippen LogP contribution is 2.11. The van der Waals surface area contributed by atoms with Gasteiger partial charge >= 0.3 is 0 Å². The quantitative estimate of drug-likeness (QED) is 0.699. The summed E-state index contributed by atoms with van der Waals surface area (Å²) in [6, 6.07) is 2.00. The van der Waals surface area contributed by atoms with Crippen LogP contribution in [0, 0.1) is 0 Å². The molecule has 1 heterocycles. The van der Waals surface area contributed by atoms with Gasteiger partial charge in [-0.25, -0.2) is 9.97 Å². The highest BCUT2D eigenvalue weighted by Gasteiger charge is 2.02. The molecule has 1 aromatic rings. The predicted molar refractivity (Wildman–Crippen MR) is 62.8 cm³/mol. The molecule has 0 spiro atoms. The normalized spacial score (nSPS) is 10.9. The van der Waals surface area contributed by atoms with Crippen LogP contribution in [0.4, 0.5) is 0 Å². The molecule has 0 amide bonds. The maximum atomic E-state index is 4.52. The summed E-state index contributed by atoms with van der Waals surface area (Å²) in [4.78, 5) is 8.79. The van der Waals surface area contributed by atoms with Crippen molar-refractivity contribution < 1.29 is 0 Å². The number of thioether (sulfide) groups is 1. The van der Waals surface area contributed by atoms with Gasteiger partial charge in [-0.1, -0.05) is 20.8 Å². The number of nitrogens with zero attached hydrogens (tertiary/aromatic N) is 2. The maximum Gasteiger partial charge on any atom is 0.129 e. The van der Waals surface area contributed by atoms with Crippen molar-refractivity contribution >= 4 is 11.8 Å². The molecular formula is C11H18N2S. The minimum Gasteiger partial charge on any atom is -0.241 e. The zero-order valence-electron chi connectivity index (χ0n) is 9.16. The summed E-state index contributed by atoms with van der Waals surface area (Å²) in [5.74, 6) is 3.77. The molecule has 0 aliphatic rings. The lowest BCUT2D eigenvalue weighted by atomic mass is 10.1. The molecule has 0 aliphatic carbocycles. The van der Waals surface area contributed by atoms with Crippen LogP contribution < -0.4 is 0 Å². The van der Waals surface area contributed by atoms with E-state index in [0.717, 1.165) is 23.7 Å². The van der Waals surface area contributed by atoms with Crippen LogP contribution >= 0.6 is 11.8 Å². The van der Waals surface area contributed by atoms with E-state index in [1.165, 1.54) is 5.75 Å². The maximum absolute atomic E-state index is 4.52. The molecule has 78 valence electrons. The molecule has 1 aromatic heterocycles. The molecule has 0 unspecified atom stereocenters. The third-order valence-corrected chi connectivity index (χ3v) is 2.89. The van der Waals surface area contributed by atoms with Gasteiger partial charge in [0.15, 0.2) is 0 Å². The second-order valence-corrected chi connectivity index (χ2v) is 4.89. The van der Waals surface area contributed by atoms with Crippen molar-refractivity contribution in [3.05, 3.63) is 23.8 Å². The van der Waals surface area contributed by atoms with Crippen molar-refractivity contribution in [1.29, 1.82) is 0 Å². The number of hydrogen-bond acceptors (Lipinski definition) is 3. The van der Waals surface area contributed by atoms with Gasteiger partial charge in [0, 0.05) is 24.1 Å². The van der Waals surface area contributed by atoms with Gasteiger partial charge in [-0.05, 0) is 17.7 Å². The fraction of sp³-hybridized carbons (Fsp3) is 0.636. The number of aryl methyl sites for hydroxylation is 1. The van der Waals surface area contributed by atoms with E-state index in [9.17, 15) is 0 Å². The molecule has 0 atom stereocenters. The summed E-state index contributed by atoms with van der Waals surface area (Å²) in [5, 5.41) is 0. The first kappa shape index (κ1) is 11.5. The first-order valence-corrected chi connectivity index (χ1v) is 6.29. The van der Waals surface area contributed by atoms with E-state index in [2.05, 4.69) is 30.7 Å². The molecule has 1 rings (SSSR count). The summed E-state index contributed by atoms with van der Waals surface area (Å²) >= 11 is 1.94. The van der Waals surface area contributed by atoms with Crippen molar-refractivity contribution in [2.75, 3.05) is 11.5 Å². The van der Waals surface area contributed by atoms with E-state index < -0.39 is 0 Å². The van der Waals surface area contributed by atoms with Crippen LogP contribution in [0.2, 0.25) is 0 Å². The largest absolute Gasteiger partial charge is 0.241 e. The molecule has 0 fully saturated rings. The molecule has 0 saturated carbocycles. The lowest BCUT2D eigenvalue weighted by molar-refractivity contribution is 0.788. The van der Waals surface area contributed by atoms with Crippen LogP contribution in [-0.2, 0) is 6.42 Å². The Bertz CT molecular complexity index is 274. The third-order valence-electron chi connectivity index (χ3n) is 1.99. The van der Waals surface area contributed by atoms with Crippen LogP contribution in [0.3, 0.4) is 0 Å². The highest BCUT2D eigenvalue weighted by atomic mass is 32.2. The first-order valence-electron chi connectivity index (χ1n) is 5.13. The van der Waals surface area contributed by atoms with Gasteiger partial charge in [-0.3, -0.25) is 0 Å². The van der Waals surface area contributed by atoms with Crippen LogP contribution in [0.5, 0.6) is 0 Å². The average Bonchev–Trinajstić information content (AvgIpc) is 2.19. The van der Waals surface area contributed by atoms with E-state index in [1.54, 1.807) is 0 Å². The molecule has 14 heavy (non-hydrogen) atoms. The van der Waals surface area contributed by atoms with Gasteiger partial charge in [-0.2, -0.15) is 11.8 Å². The Balaban J connectivity index is 2.55. The SMILES string of the molecule is CCSCCc1nccc(C(C)C)n1. The van der Waals surface area contributed by atoms with Gasteiger partial charge in [0.05, 0.1) is 0 Å². The lowest BCUT2D eigenvalue weighted by Gasteiger charge is -2.05. The molecule has 0 aliphatic heterocycles. The Morgan fingerprint density at radius 1 is 1.43 bits per heavy atom. The molecule has 0 N–H and O–H groups in total. The zero-order chi connectivity index (χ0) is 10.4. The minimum atomic E-state index is 0.496. The second-order valence-electron chi connectivity index (χ2n) is 3.50. The lowest BCUT2D eigenvalue weighted by Crippen LogP contribution is -2.01. The van der Waals surface area contributed by atoms with Gasteiger partial charge in [0.2, 0.25) is 0 Å². The van der Waals surface area contributed by atoms with Crippen LogP contribution in [0.25, 0.3) is 0 Å². The Morgan fingerprint density at radius 3 is 2.86 bits per heavy atom. The molecule has 0 aromatic carbocycles. The van der Waals surface area contributed by atoms with Gasteiger partial charge in [0.25, 0.3) is 0 Å². The molecule has 0 radical (unpaired) electrons. The summed E-state index contributed by atoms with van der Waals surface area (Å²) in [6.45, 7) is 6.50. The Morgan fingerprint density at radius 2 is 2.21 bits per heavy atom. The number of rotatable bonds is 5. The Labute approximate surface area is 90.5 Å². The third kappa shape index (κ3) is 3.66. The van der Waals surface area contributed by atoms with E-state index in [1.807, 2.05) is 24.0 Å².